The van der Waals surface area contributed by atoms with Gasteiger partial charge in [0.1, 0.15) is 11.6 Å². The average molecular weight is 418 g/mol. The molecule has 1 aliphatic heterocycles. The van der Waals surface area contributed by atoms with Crippen molar-refractivity contribution in [2.45, 2.75) is 51.1 Å². The molecule has 8 nitrogen and oxygen atoms in total. The maximum absolute atomic E-state index is 13.0. The van der Waals surface area contributed by atoms with E-state index in [0.717, 1.165) is 18.7 Å². The van der Waals surface area contributed by atoms with Crippen LogP contribution in [0.2, 0.25) is 0 Å². The Balaban J connectivity index is 1.99. The van der Waals surface area contributed by atoms with Crippen LogP contribution in [-0.4, -0.2) is 36.4 Å². The molecule has 9 heteroatoms. The summed E-state index contributed by atoms with van der Waals surface area (Å²) in [5.41, 5.74) is 6.43. The maximum Gasteiger partial charge on any atom is 0.281 e. The van der Waals surface area contributed by atoms with Crippen molar-refractivity contribution in [1.29, 1.82) is 0 Å². The van der Waals surface area contributed by atoms with E-state index in [1.165, 1.54) is 18.2 Å². The van der Waals surface area contributed by atoms with Crippen LogP contribution < -0.4 is 15.4 Å². The van der Waals surface area contributed by atoms with Gasteiger partial charge in [-0.3, -0.25) is 4.79 Å². The Kier molecular flexibility index (Phi) is 5.53. The van der Waals surface area contributed by atoms with Crippen LogP contribution in [0.3, 0.4) is 0 Å². The van der Waals surface area contributed by atoms with Gasteiger partial charge in [-0.2, -0.15) is 8.42 Å². The molecule has 0 aromatic carbocycles. The Bertz CT molecular complexity index is 1040. The van der Waals surface area contributed by atoms with Crippen molar-refractivity contribution in [3.05, 3.63) is 41.6 Å². The molecule has 0 radical (unpaired) electrons. The van der Waals surface area contributed by atoms with Crippen molar-refractivity contribution in [2.75, 3.05) is 17.2 Å². The van der Waals surface area contributed by atoms with Crippen LogP contribution in [0.1, 0.15) is 50.2 Å². The molecule has 0 aliphatic carbocycles. The Labute approximate surface area is 171 Å². The molecule has 0 bridgehead atoms. The minimum atomic E-state index is -4.16. The summed E-state index contributed by atoms with van der Waals surface area (Å²) in [6.07, 6.45) is 1.68. The molecule has 2 aromatic rings. The summed E-state index contributed by atoms with van der Waals surface area (Å²) in [6.45, 7) is 9.12. The fraction of sp³-hybridized carbons (Fsp3) is 0.450. The molecule has 3 heterocycles. The topological polar surface area (TPSA) is 118 Å². The fourth-order valence-corrected chi connectivity index (χ4v) is 4.43. The SMILES string of the molecule is CCc1ccc(C(=O)NS(=O)(=O)c2cccc(N)n2)c(N2CCC(C)C2(C)C)n1. The molecule has 3 rings (SSSR count). The third-order valence-electron chi connectivity index (χ3n) is 5.73. The number of nitrogen functional groups attached to an aromatic ring is 1. The molecule has 1 saturated heterocycles. The fourth-order valence-electron chi connectivity index (χ4n) is 3.49. The van der Waals surface area contributed by atoms with Crippen molar-refractivity contribution in [2.24, 2.45) is 5.92 Å². The minimum absolute atomic E-state index is 0.0581. The second-order valence-corrected chi connectivity index (χ2v) is 9.49. The molecule has 3 N–H and O–H groups in total. The quantitative estimate of drug-likeness (QED) is 0.766. The van der Waals surface area contributed by atoms with E-state index in [2.05, 4.69) is 40.4 Å². The highest BCUT2D eigenvalue weighted by atomic mass is 32.2. The average Bonchev–Trinajstić information content (AvgIpc) is 2.93. The molecule has 2 aromatic heterocycles. The van der Waals surface area contributed by atoms with Gasteiger partial charge in [-0.05, 0) is 56.9 Å². The van der Waals surface area contributed by atoms with Crippen LogP contribution >= 0.6 is 0 Å². The van der Waals surface area contributed by atoms with Crippen molar-refractivity contribution >= 4 is 27.6 Å². The van der Waals surface area contributed by atoms with Gasteiger partial charge in [0.25, 0.3) is 15.9 Å². The van der Waals surface area contributed by atoms with E-state index in [0.29, 0.717) is 18.2 Å². The molecular weight excluding hydrogens is 390 g/mol. The smallest absolute Gasteiger partial charge is 0.281 e. The number of carbonyl (C=O) groups excluding carboxylic acids is 1. The number of carbonyl (C=O) groups is 1. The van der Waals surface area contributed by atoms with E-state index in [1.54, 1.807) is 12.1 Å². The number of sulfonamides is 1. The second kappa shape index (κ2) is 7.62. The first-order valence-electron chi connectivity index (χ1n) is 9.63. The monoisotopic (exact) mass is 417 g/mol. The predicted molar refractivity (Wildman–Crippen MR) is 112 cm³/mol. The number of nitrogens with two attached hydrogens (primary N) is 1. The van der Waals surface area contributed by atoms with E-state index in [9.17, 15) is 13.2 Å². The molecule has 0 saturated carbocycles. The van der Waals surface area contributed by atoms with Crippen molar-refractivity contribution < 1.29 is 13.2 Å². The van der Waals surface area contributed by atoms with Crippen molar-refractivity contribution in [3.8, 4) is 0 Å². The predicted octanol–water partition coefficient (Wildman–Crippen LogP) is 2.36. The second-order valence-electron chi connectivity index (χ2n) is 7.86. The van der Waals surface area contributed by atoms with Crippen molar-refractivity contribution in [1.82, 2.24) is 14.7 Å². The lowest BCUT2D eigenvalue weighted by molar-refractivity contribution is 0.0981. The van der Waals surface area contributed by atoms with Crippen LogP contribution in [0.25, 0.3) is 0 Å². The van der Waals surface area contributed by atoms with Crippen LogP contribution in [0.15, 0.2) is 35.4 Å². The molecule has 1 aliphatic rings. The number of pyridine rings is 2. The van der Waals surface area contributed by atoms with Gasteiger partial charge in [0.15, 0.2) is 5.03 Å². The number of anilines is 2. The molecular formula is C20H27N5O3S. The van der Waals surface area contributed by atoms with Gasteiger partial charge >= 0.3 is 0 Å². The number of nitrogens with one attached hydrogen (secondary N) is 1. The van der Waals surface area contributed by atoms with E-state index >= 15 is 0 Å². The molecule has 156 valence electrons. The van der Waals surface area contributed by atoms with E-state index in [4.69, 9.17) is 5.73 Å². The Morgan fingerprint density at radius 1 is 1.28 bits per heavy atom. The molecule has 0 spiro atoms. The molecule has 29 heavy (non-hydrogen) atoms. The highest BCUT2D eigenvalue weighted by Gasteiger charge is 2.41. The lowest BCUT2D eigenvalue weighted by Crippen LogP contribution is -2.44. The van der Waals surface area contributed by atoms with Crippen LogP contribution in [0.5, 0.6) is 0 Å². The number of rotatable bonds is 5. The molecule has 1 amide bonds. The van der Waals surface area contributed by atoms with Crippen LogP contribution in [-0.2, 0) is 16.4 Å². The number of hydrogen-bond donors (Lipinski definition) is 2. The van der Waals surface area contributed by atoms with Gasteiger partial charge in [0, 0.05) is 17.8 Å². The zero-order valence-corrected chi connectivity index (χ0v) is 18.0. The Hall–Kier alpha value is -2.68. The van der Waals surface area contributed by atoms with Gasteiger partial charge in [-0.25, -0.2) is 14.7 Å². The molecule has 1 fully saturated rings. The normalized spacial score (nSPS) is 18.6. The number of nitrogens with zero attached hydrogens (tertiary/aromatic N) is 3. The largest absolute Gasteiger partial charge is 0.384 e. The van der Waals surface area contributed by atoms with Gasteiger partial charge in [-0.15, -0.1) is 0 Å². The molecule has 1 atom stereocenters. The number of aromatic nitrogens is 2. The first kappa shape index (κ1) is 21.0. The van der Waals surface area contributed by atoms with Gasteiger partial charge in [-0.1, -0.05) is 19.9 Å². The highest BCUT2D eigenvalue weighted by molar-refractivity contribution is 7.90. The lowest BCUT2D eigenvalue weighted by Gasteiger charge is -2.36. The summed E-state index contributed by atoms with van der Waals surface area (Å²) in [5, 5.41) is -0.305. The van der Waals surface area contributed by atoms with Crippen LogP contribution in [0.4, 0.5) is 11.6 Å². The van der Waals surface area contributed by atoms with Crippen LogP contribution in [0, 0.1) is 5.92 Å². The Morgan fingerprint density at radius 2 is 2.00 bits per heavy atom. The number of hydrogen-bond acceptors (Lipinski definition) is 7. The summed E-state index contributed by atoms with van der Waals surface area (Å²) in [6, 6.07) is 7.62. The zero-order chi connectivity index (χ0) is 21.4. The van der Waals surface area contributed by atoms with E-state index in [-0.39, 0.29) is 21.9 Å². The summed E-state index contributed by atoms with van der Waals surface area (Å²) in [4.78, 5) is 23.5. The molecule has 1 unspecified atom stereocenters. The first-order valence-corrected chi connectivity index (χ1v) is 11.1. The lowest BCUT2D eigenvalue weighted by atomic mass is 9.90. The summed E-state index contributed by atoms with van der Waals surface area (Å²) in [7, 11) is -4.16. The van der Waals surface area contributed by atoms with Gasteiger partial charge in [0.2, 0.25) is 0 Å². The standard InChI is InChI=1S/C20H27N5O3S/c1-5-14-9-10-15(18(22-14)25-12-11-13(2)20(25,3)4)19(26)24-29(27,28)17-8-6-7-16(21)23-17/h6-10,13H,5,11-12H2,1-4H3,(H2,21,23)(H,24,26). The summed E-state index contributed by atoms with van der Waals surface area (Å²) < 4.78 is 27.3. The first-order chi connectivity index (χ1) is 13.6. The Morgan fingerprint density at radius 3 is 2.59 bits per heavy atom. The summed E-state index contributed by atoms with van der Waals surface area (Å²) >= 11 is 0. The number of amides is 1. The van der Waals surface area contributed by atoms with E-state index in [1.807, 2.05) is 6.92 Å². The number of aryl methyl sites for hydroxylation is 1. The van der Waals surface area contributed by atoms with Crippen molar-refractivity contribution in [3.63, 3.8) is 0 Å². The van der Waals surface area contributed by atoms with Gasteiger partial charge < -0.3 is 10.6 Å². The summed E-state index contributed by atoms with van der Waals surface area (Å²) in [5.74, 6) is 0.232. The minimum Gasteiger partial charge on any atom is -0.384 e. The highest BCUT2D eigenvalue weighted by Crippen LogP contribution is 2.38. The van der Waals surface area contributed by atoms with Gasteiger partial charge in [0.05, 0.1) is 5.56 Å². The third-order valence-corrected chi connectivity index (χ3v) is 6.96. The maximum atomic E-state index is 13.0. The third kappa shape index (κ3) is 4.05. The zero-order valence-electron chi connectivity index (χ0n) is 17.1. The van der Waals surface area contributed by atoms with E-state index < -0.39 is 15.9 Å².